The third kappa shape index (κ3) is 4.44. The van der Waals surface area contributed by atoms with Crippen molar-refractivity contribution in [3.05, 3.63) is 63.9 Å². The number of allylic oxidation sites excluding steroid dienone is 2. The van der Waals surface area contributed by atoms with E-state index in [-0.39, 0.29) is 57.5 Å². The molecule has 8 heteroatoms. The molecule has 0 radical (unpaired) electrons. The average Bonchev–Trinajstić information content (AvgIpc) is 3.09. The molecule has 1 fully saturated rings. The van der Waals surface area contributed by atoms with Gasteiger partial charge in [0.05, 0.1) is 17.2 Å². The number of phenols is 1. The first-order valence-electron chi connectivity index (χ1n) is 12.7. The number of aromatic hydroxyl groups is 1. The quantitative estimate of drug-likeness (QED) is 0.389. The van der Waals surface area contributed by atoms with Gasteiger partial charge in [-0.2, -0.15) is 0 Å². The van der Waals surface area contributed by atoms with Crippen LogP contribution in [0.3, 0.4) is 0 Å². The second kappa shape index (κ2) is 9.74. The van der Waals surface area contributed by atoms with Crippen molar-refractivity contribution in [2.24, 2.45) is 17.8 Å². The standard InChI is InChI=1S/C29H33NO7/c1-6-18-8-7-14(2)17(5)37-28(35)16(4)12-20-27(34)30-23-13-22(32)24-19(29(20,23)36)11-15(3)26(33)25(24)21(31)10-9-18/h7-8,11-14,17-18,20,33,36H,6,9-10H2,1-5H3,(H,30,34)/b8-7+,16-12?/t14-,17-,18+,20+,29-/m0/s1. The van der Waals surface area contributed by atoms with E-state index in [0.29, 0.717) is 6.42 Å². The first kappa shape index (κ1) is 26.5. The summed E-state index contributed by atoms with van der Waals surface area (Å²) < 4.78 is 5.64. The largest absolute Gasteiger partial charge is 0.507 e. The van der Waals surface area contributed by atoms with E-state index in [1.54, 1.807) is 13.8 Å². The molecule has 0 saturated carbocycles. The smallest absolute Gasteiger partial charge is 0.333 e. The predicted molar refractivity (Wildman–Crippen MR) is 136 cm³/mol. The lowest BCUT2D eigenvalue weighted by atomic mass is 9.72. The van der Waals surface area contributed by atoms with E-state index in [4.69, 9.17) is 4.74 Å². The monoisotopic (exact) mass is 507 g/mol. The number of esters is 1. The zero-order valence-electron chi connectivity index (χ0n) is 21.8. The molecule has 2 heterocycles. The van der Waals surface area contributed by atoms with E-state index >= 15 is 0 Å². The van der Waals surface area contributed by atoms with Crippen molar-refractivity contribution in [1.29, 1.82) is 0 Å². The molecule has 5 atom stereocenters. The van der Waals surface area contributed by atoms with Crippen LogP contribution in [0.25, 0.3) is 0 Å². The lowest BCUT2D eigenvalue weighted by Gasteiger charge is -2.34. The first-order valence-corrected chi connectivity index (χ1v) is 12.7. The number of ketones is 2. The molecule has 0 aromatic heterocycles. The highest BCUT2D eigenvalue weighted by Gasteiger charge is 2.55. The van der Waals surface area contributed by atoms with E-state index in [2.05, 4.69) is 5.32 Å². The minimum absolute atomic E-state index is 0.0314. The van der Waals surface area contributed by atoms with Crippen LogP contribution in [0.4, 0.5) is 0 Å². The SMILES string of the molecule is CC[C@@H]1/C=C/[C@H](C)[C@H](C)OC(=O)C(C)=C[C@@H]2C(=O)NC3=CC(=O)c4c(cc(C)c(O)c4C(=O)CC1)[C@@]32O. The van der Waals surface area contributed by atoms with Crippen LogP contribution in [0.5, 0.6) is 5.75 Å². The number of Topliss-reactive ketones (excluding diaryl/α,β-unsaturated/α-hetero) is 1. The third-order valence-corrected chi connectivity index (χ3v) is 7.83. The number of hydrogen-bond acceptors (Lipinski definition) is 7. The van der Waals surface area contributed by atoms with Crippen molar-refractivity contribution in [1.82, 2.24) is 5.32 Å². The molecule has 4 bridgehead atoms. The van der Waals surface area contributed by atoms with Gasteiger partial charge in [0.15, 0.2) is 11.6 Å². The lowest BCUT2D eigenvalue weighted by Crippen LogP contribution is -2.39. The summed E-state index contributed by atoms with van der Waals surface area (Å²) in [6.45, 7) is 8.78. The number of hydrogen-bond donors (Lipinski definition) is 3. The Morgan fingerprint density at radius 3 is 2.49 bits per heavy atom. The number of aliphatic hydroxyl groups is 1. The summed E-state index contributed by atoms with van der Waals surface area (Å²) in [4.78, 5) is 52.6. The Morgan fingerprint density at radius 1 is 1.11 bits per heavy atom. The molecule has 1 aliphatic carbocycles. The molecule has 4 rings (SSSR count). The van der Waals surface area contributed by atoms with Gasteiger partial charge in [-0.15, -0.1) is 0 Å². The fraction of sp³-hybridized carbons (Fsp3) is 0.448. The van der Waals surface area contributed by atoms with E-state index in [9.17, 15) is 29.4 Å². The van der Waals surface area contributed by atoms with Crippen molar-refractivity contribution in [3.8, 4) is 5.75 Å². The second-order valence-electron chi connectivity index (χ2n) is 10.3. The van der Waals surface area contributed by atoms with Crippen LogP contribution in [0.2, 0.25) is 0 Å². The molecular formula is C29H33NO7. The van der Waals surface area contributed by atoms with Gasteiger partial charge in [-0.25, -0.2) is 4.79 Å². The van der Waals surface area contributed by atoms with Crippen molar-refractivity contribution in [2.75, 3.05) is 0 Å². The Kier molecular flexibility index (Phi) is 6.99. The fourth-order valence-electron chi connectivity index (χ4n) is 5.21. The Bertz CT molecular complexity index is 1290. The molecule has 196 valence electrons. The van der Waals surface area contributed by atoms with Crippen molar-refractivity contribution in [3.63, 3.8) is 0 Å². The zero-order valence-corrected chi connectivity index (χ0v) is 21.8. The predicted octanol–water partition coefficient (Wildman–Crippen LogP) is 3.79. The van der Waals surface area contributed by atoms with Gasteiger partial charge in [0.25, 0.3) is 0 Å². The Morgan fingerprint density at radius 2 is 1.81 bits per heavy atom. The summed E-state index contributed by atoms with van der Waals surface area (Å²) in [5.74, 6) is -3.86. The van der Waals surface area contributed by atoms with Gasteiger partial charge < -0.3 is 20.3 Å². The molecule has 1 amide bonds. The number of cyclic esters (lactones) is 1. The number of amides is 1. The highest BCUT2D eigenvalue weighted by molar-refractivity contribution is 6.17. The second-order valence-corrected chi connectivity index (χ2v) is 10.3. The fourth-order valence-corrected chi connectivity index (χ4v) is 5.21. The summed E-state index contributed by atoms with van der Waals surface area (Å²) in [5.41, 5.74) is -1.87. The molecule has 0 unspecified atom stereocenters. The highest BCUT2D eigenvalue weighted by Crippen LogP contribution is 2.49. The topological polar surface area (TPSA) is 130 Å². The van der Waals surface area contributed by atoms with Gasteiger partial charge >= 0.3 is 5.97 Å². The highest BCUT2D eigenvalue weighted by atomic mass is 16.5. The number of ether oxygens (including phenoxy) is 1. The summed E-state index contributed by atoms with van der Waals surface area (Å²) in [5, 5.41) is 25.4. The molecule has 3 aliphatic rings. The van der Waals surface area contributed by atoms with Crippen LogP contribution in [0, 0.1) is 24.7 Å². The molecule has 0 spiro atoms. The number of rotatable bonds is 1. The lowest BCUT2D eigenvalue weighted by molar-refractivity contribution is -0.144. The van der Waals surface area contributed by atoms with Gasteiger partial charge in [-0.05, 0) is 51.2 Å². The summed E-state index contributed by atoms with van der Waals surface area (Å²) in [6, 6.07) is 1.43. The number of carbonyl (C=O) groups is 4. The van der Waals surface area contributed by atoms with Crippen molar-refractivity contribution < 1.29 is 34.1 Å². The van der Waals surface area contributed by atoms with Crippen molar-refractivity contribution >= 4 is 23.4 Å². The molecular weight excluding hydrogens is 474 g/mol. The Hall–Kier alpha value is -3.52. The molecule has 3 N–H and O–H groups in total. The van der Waals surface area contributed by atoms with Crippen LogP contribution in [-0.2, 0) is 19.9 Å². The van der Waals surface area contributed by atoms with Gasteiger partial charge in [0.2, 0.25) is 5.91 Å². The zero-order chi connectivity index (χ0) is 27.2. The maximum absolute atomic E-state index is 13.5. The van der Waals surface area contributed by atoms with Crippen LogP contribution in [0.15, 0.2) is 41.6 Å². The molecule has 1 saturated heterocycles. The van der Waals surface area contributed by atoms with Crippen molar-refractivity contribution in [2.45, 2.75) is 65.6 Å². The molecule has 37 heavy (non-hydrogen) atoms. The molecule has 2 aliphatic heterocycles. The molecule has 1 aromatic rings. The van der Waals surface area contributed by atoms with E-state index in [1.807, 2.05) is 26.0 Å². The summed E-state index contributed by atoms with van der Waals surface area (Å²) in [7, 11) is 0. The third-order valence-electron chi connectivity index (χ3n) is 7.83. The van der Waals surface area contributed by atoms with Gasteiger partial charge in [0, 0.05) is 35.1 Å². The van der Waals surface area contributed by atoms with Gasteiger partial charge in [0.1, 0.15) is 17.5 Å². The Labute approximate surface area is 216 Å². The normalized spacial score (nSPS) is 31.2. The number of phenolic OH excluding ortho intramolecular Hbond substituents is 1. The molecule has 8 nitrogen and oxygen atoms in total. The molecule has 1 aromatic carbocycles. The van der Waals surface area contributed by atoms with E-state index < -0.39 is 41.1 Å². The van der Waals surface area contributed by atoms with Crippen LogP contribution < -0.4 is 5.32 Å². The van der Waals surface area contributed by atoms with Gasteiger partial charge in [-0.1, -0.05) is 32.1 Å². The number of aryl methyl sites for hydroxylation is 1. The summed E-state index contributed by atoms with van der Waals surface area (Å²) >= 11 is 0. The number of carbonyl (C=O) groups excluding carboxylic acids is 4. The van der Waals surface area contributed by atoms with E-state index in [1.165, 1.54) is 19.1 Å². The first-order chi connectivity index (χ1) is 17.4. The minimum atomic E-state index is -2.03. The van der Waals surface area contributed by atoms with Crippen LogP contribution in [0.1, 0.15) is 78.8 Å². The average molecular weight is 508 g/mol. The van der Waals surface area contributed by atoms with Crippen LogP contribution in [-0.4, -0.2) is 39.8 Å². The number of benzene rings is 1. The minimum Gasteiger partial charge on any atom is -0.507 e. The summed E-state index contributed by atoms with van der Waals surface area (Å²) in [6.07, 6.45) is 7.26. The number of nitrogens with one attached hydrogen (secondary N) is 1. The van der Waals surface area contributed by atoms with Crippen LogP contribution >= 0.6 is 0 Å². The maximum Gasteiger partial charge on any atom is 0.333 e. The maximum atomic E-state index is 13.5. The van der Waals surface area contributed by atoms with Gasteiger partial charge in [-0.3, -0.25) is 14.4 Å². The van der Waals surface area contributed by atoms with E-state index in [0.717, 1.165) is 12.5 Å². The Balaban J connectivity index is 1.95.